The molecule has 2 aromatic rings. The monoisotopic (exact) mass is 414 g/mol. The molecular formula is C21H22N2O7. The molecule has 0 bridgehead atoms. The number of Topliss-reactive ketones (excluding diaryl/α,β-unsaturated/α-hetero) is 1. The predicted molar refractivity (Wildman–Crippen MR) is 108 cm³/mol. The summed E-state index contributed by atoms with van der Waals surface area (Å²) in [6.07, 6.45) is 0. The first-order chi connectivity index (χ1) is 14.1. The SMILES string of the molecule is CC(C)(C)C(=O)Nc1ccc(C(=O)COC(=O)COc2ccccc2[N+](=O)[O-])cc1. The number of nitro groups is 1. The topological polar surface area (TPSA) is 125 Å². The number of amides is 1. The zero-order valence-corrected chi connectivity index (χ0v) is 16.8. The molecule has 0 fully saturated rings. The molecule has 30 heavy (non-hydrogen) atoms. The zero-order valence-electron chi connectivity index (χ0n) is 16.8. The van der Waals surface area contributed by atoms with Crippen LogP contribution in [0, 0.1) is 15.5 Å². The van der Waals surface area contributed by atoms with Gasteiger partial charge in [0.1, 0.15) is 0 Å². The van der Waals surface area contributed by atoms with Crippen LogP contribution in [0.4, 0.5) is 11.4 Å². The van der Waals surface area contributed by atoms with Gasteiger partial charge in [0, 0.05) is 22.7 Å². The maximum atomic E-state index is 12.2. The second-order valence-corrected chi connectivity index (χ2v) is 7.38. The van der Waals surface area contributed by atoms with Gasteiger partial charge in [0.25, 0.3) is 0 Å². The molecule has 9 heteroatoms. The lowest BCUT2D eigenvalue weighted by molar-refractivity contribution is -0.385. The third kappa shape index (κ3) is 6.40. The number of carbonyl (C=O) groups is 3. The third-order valence-corrected chi connectivity index (χ3v) is 3.92. The normalized spacial score (nSPS) is 10.8. The van der Waals surface area contributed by atoms with E-state index in [0.717, 1.165) is 0 Å². The Morgan fingerprint density at radius 2 is 1.63 bits per heavy atom. The lowest BCUT2D eigenvalue weighted by Crippen LogP contribution is -2.27. The average Bonchev–Trinajstić information content (AvgIpc) is 2.70. The highest BCUT2D eigenvalue weighted by atomic mass is 16.6. The maximum Gasteiger partial charge on any atom is 0.344 e. The number of para-hydroxylation sites is 2. The molecule has 0 aliphatic rings. The van der Waals surface area contributed by atoms with Gasteiger partial charge in [-0.2, -0.15) is 0 Å². The molecule has 0 aliphatic carbocycles. The van der Waals surface area contributed by atoms with E-state index >= 15 is 0 Å². The Morgan fingerprint density at radius 1 is 1.00 bits per heavy atom. The summed E-state index contributed by atoms with van der Waals surface area (Å²) in [7, 11) is 0. The first-order valence-corrected chi connectivity index (χ1v) is 9.04. The van der Waals surface area contributed by atoms with Crippen LogP contribution in [-0.2, 0) is 14.3 Å². The van der Waals surface area contributed by atoms with Gasteiger partial charge < -0.3 is 14.8 Å². The lowest BCUT2D eigenvalue weighted by atomic mass is 9.95. The molecule has 0 atom stereocenters. The van der Waals surface area contributed by atoms with Crippen molar-refractivity contribution in [3.8, 4) is 5.75 Å². The second kappa shape index (κ2) is 9.64. The van der Waals surface area contributed by atoms with Gasteiger partial charge in [-0.15, -0.1) is 0 Å². The Hall–Kier alpha value is -3.75. The zero-order chi connectivity index (χ0) is 22.3. The van der Waals surface area contributed by atoms with Crippen LogP contribution in [0.3, 0.4) is 0 Å². The maximum absolute atomic E-state index is 12.2. The highest BCUT2D eigenvalue weighted by Gasteiger charge is 2.21. The largest absolute Gasteiger partial charge is 0.475 e. The summed E-state index contributed by atoms with van der Waals surface area (Å²) in [6, 6.07) is 11.8. The summed E-state index contributed by atoms with van der Waals surface area (Å²) in [4.78, 5) is 46.2. The number of carbonyl (C=O) groups excluding carboxylic acids is 3. The van der Waals surface area contributed by atoms with Gasteiger partial charge in [-0.3, -0.25) is 19.7 Å². The smallest absolute Gasteiger partial charge is 0.344 e. The molecule has 0 radical (unpaired) electrons. The Kier molecular flexibility index (Phi) is 7.24. The molecule has 1 N–H and O–H groups in total. The van der Waals surface area contributed by atoms with Gasteiger partial charge in [0.15, 0.2) is 24.7 Å². The summed E-state index contributed by atoms with van der Waals surface area (Å²) < 4.78 is 9.98. The number of nitrogens with one attached hydrogen (secondary N) is 1. The van der Waals surface area contributed by atoms with Gasteiger partial charge in [-0.25, -0.2) is 4.79 Å². The predicted octanol–water partition coefficient (Wildman–Crippen LogP) is 3.38. The van der Waals surface area contributed by atoms with Crippen molar-refractivity contribution >= 4 is 29.0 Å². The van der Waals surface area contributed by atoms with Crippen molar-refractivity contribution in [1.29, 1.82) is 0 Å². The summed E-state index contributed by atoms with van der Waals surface area (Å²) in [6.45, 7) is 4.28. The minimum atomic E-state index is -0.837. The molecule has 0 aromatic heterocycles. The van der Waals surface area contributed by atoms with Gasteiger partial charge in [0.05, 0.1) is 4.92 Å². The van der Waals surface area contributed by atoms with Gasteiger partial charge in [-0.1, -0.05) is 32.9 Å². The number of hydrogen-bond acceptors (Lipinski definition) is 7. The molecule has 0 saturated carbocycles. The van der Waals surface area contributed by atoms with Crippen molar-refractivity contribution in [3.05, 3.63) is 64.2 Å². The average molecular weight is 414 g/mol. The summed E-state index contributed by atoms with van der Waals surface area (Å²) >= 11 is 0. The van der Waals surface area contributed by atoms with E-state index in [1.807, 2.05) is 0 Å². The number of ketones is 1. The van der Waals surface area contributed by atoms with Crippen molar-refractivity contribution in [2.24, 2.45) is 5.41 Å². The quantitative estimate of drug-likeness (QED) is 0.304. The molecular weight excluding hydrogens is 392 g/mol. The van der Waals surface area contributed by atoms with E-state index < -0.39 is 35.3 Å². The van der Waals surface area contributed by atoms with Crippen molar-refractivity contribution in [2.45, 2.75) is 20.8 Å². The number of hydrogen-bond donors (Lipinski definition) is 1. The standard InChI is InChI=1S/C21H22N2O7/c1-21(2,3)20(26)22-15-10-8-14(9-11-15)17(24)12-30-19(25)13-29-18-7-5-4-6-16(18)23(27)28/h4-11H,12-13H2,1-3H3,(H,22,26). The van der Waals surface area contributed by atoms with E-state index in [-0.39, 0.29) is 17.3 Å². The molecule has 9 nitrogen and oxygen atoms in total. The van der Waals surface area contributed by atoms with Crippen LogP contribution in [0.5, 0.6) is 5.75 Å². The van der Waals surface area contributed by atoms with E-state index in [9.17, 15) is 24.5 Å². The molecule has 0 saturated heterocycles. The number of rotatable bonds is 8. The van der Waals surface area contributed by atoms with Gasteiger partial charge >= 0.3 is 11.7 Å². The minimum Gasteiger partial charge on any atom is -0.475 e. The minimum absolute atomic E-state index is 0.0707. The van der Waals surface area contributed by atoms with E-state index in [2.05, 4.69) is 5.32 Å². The van der Waals surface area contributed by atoms with Gasteiger partial charge in [0.2, 0.25) is 5.91 Å². The van der Waals surface area contributed by atoms with Crippen LogP contribution < -0.4 is 10.1 Å². The van der Waals surface area contributed by atoms with Gasteiger partial charge in [-0.05, 0) is 30.3 Å². The van der Waals surface area contributed by atoms with Crippen LogP contribution in [0.15, 0.2) is 48.5 Å². The highest BCUT2D eigenvalue weighted by Crippen LogP contribution is 2.25. The number of esters is 1. The molecule has 2 rings (SSSR count). The van der Waals surface area contributed by atoms with E-state index in [4.69, 9.17) is 9.47 Å². The fraction of sp³-hybridized carbons (Fsp3) is 0.286. The van der Waals surface area contributed by atoms with Crippen molar-refractivity contribution in [2.75, 3.05) is 18.5 Å². The Bertz CT molecular complexity index is 947. The van der Waals surface area contributed by atoms with Crippen LogP contribution >= 0.6 is 0 Å². The first-order valence-electron chi connectivity index (χ1n) is 9.04. The first kappa shape index (κ1) is 22.5. The Morgan fingerprint density at radius 3 is 2.23 bits per heavy atom. The molecule has 0 aliphatic heterocycles. The van der Waals surface area contributed by atoms with E-state index in [1.165, 1.54) is 36.4 Å². The number of benzene rings is 2. The van der Waals surface area contributed by atoms with E-state index in [0.29, 0.717) is 11.3 Å². The van der Waals surface area contributed by atoms with Crippen molar-refractivity contribution in [3.63, 3.8) is 0 Å². The van der Waals surface area contributed by atoms with E-state index in [1.54, 1.807) is 32.9 Å². The van der Waals surface area contributed by atoms with Crippen LogP contribution in [-0.4, -0.2) is 35.8 Å². The molecule has 1 amide bonds. The lowest BCUT2D eigenvalue weighted by Gasteiger charge is -2.17. The molecule has 158 valence electrons. The third-order valence-electron chi connectivity index (χ3n) is 3.92. The summed E-state index contributed by atoms with van der Waals surface area (Å²) in [5.41, 5.74) is 0.0165. The van der Waals surface area contributed by atoms with Crippen molar-refractivity contribution < 1.29 is 28.8 Å². The summed E-state index contributed by atoms with van der Waals surface area (Å²) in [5.74, 6) is -1.51. The highest BCUT2D eigenvalue weighted by molar-refractivity contribution is 5.99. The number of nitro benzene ring substituents is 1. The van der Waals surface area contributed by atoms with Crippen molar-refractivity contribution in [1.82, 2.24) is 0 Å². The van der Waals surface area contributed by atoms with Crippen LogP contribution in [0.1, 0.15) is 31.1 Å². The van der Waals surface area contributed by atoms with Crippen LogP contribution in [0.2, 0.25) is 0 Å². The number of ether oxygens (including phenoxy) is 2. The number of anilines is 1. The molecule has 0 spiro atoms. The fourth-order valence-corrected chi connectivity index (χ4v) is 2.20. The Balaban J connectivity index is 1.85. The fourth-order valence-electron chi connectivity index (χ4n) is 2.20. The molecule has 0 unspecified atom stereocenters. The molecule has 0 heterocycles. The second-order valence-electron chi connectivity index (χ2n) is 7.38. The number of nitrogens with zero attached hydrogens (tertiary/aromatic N) is 1. The molecule has 2 aromatic carbocycles. The summed E-state index contributed by atoms with van der Waals surface area (Å²) in [5, 5.41) is 13.7. The Labute approximate surface area is 173 Å². The van der Waals surface area contributed by atoms with Crippen LogP contribution in [0.25, 0.3) is 0 Å².